The lowest BCUT2D eigenvalue weighted by Gasteiger charge is -2.26. The minimum Gasteiger partial charge on any atom is -0.462 e. The van der Waals surface area contributed by atoms with Crippen molar-refractivity contribution in [2.75, 3.05) is 57.9 Å². The Morgan fingerprint density at radius 2 is 1.87 bits per heavy atom. The molecule has 2 heterocycles. The van der Waals surface area contributed by atoms with Gasteiger partial charge >= 0.3 is 5.97 Å². The van der Waals surface area contributed by atoms with Gasteiger partial charge in [-0.05, 0) is 26.3 Å². The van der Waals surface area contributed by atoms with Gasteiger partial charge < -0.3 is 20.1 Å². The highest BCUT2D eigenvalue weighted by Gasteiger charge is 2.25. The SMILES string of the molecule is CCOC(=O)c1c(NC(=O)CNCCN2CCOCC2)sc(C)c1-c1ccc(C)cc1. The summed E-state index contributed by atoms with van der Waals surface area (Å²) in [6, 6.07) is 8.01. The number of amides is 1. The molecule has 0 radical (unpaired) electrons. The van der Waals surface area contributed by atoms with Crippen molar-refractivity contribution in [3.05, 3.63) is 40.3 Å². The molecule has 0 saturated carbocycles. The molecule has 1 aromatic heterocycles. The number of benzene rings is 1. The molecule has 3 rings (SSSR count). The molecule has 0 unspecified atom stereocenters. The van der Waals surface area contributed by atoms with Crippen LogP contribution in [-0.4, -0.2) is 69.3 Å². The third kappa shape index (κ3) is 6.36. The van der Waals surface area contributed by atoms with Crippen LogP contribution in [0.2, 0.25) is 0 Å². The molecule has 1 saturated heterocycles. The van der Waals surface area contributed by atoms with E-state index in [9.17, 15) is 9.59 Å². The van der Waals surface area contributed by atoms with Gasteiger partial charge in [0.2, 0.25) is 5.91 Å². The number of esters is 1. The number of thiophene rings is 1. The van der Waals surface area contributed by atoms with E-state index >= 15 is 0 Å². The van der Waals surface area contributed by atoms with Crippen molar-refractivity contribution in [3.63, 3.8) is 0 Å². The predicted octanol–water partition coefficient (Wildman–Crippen LogP) is 3.07. The fourth-order valence-corrected chi connectivity index (χ4v) is 4.61. The first-order valence-corrected chi connectivity index (χ1v) is 11.5. The first-order chi connectivity index (χ1) is 15.0. The van der Waals surface area contributed by atoms with Crippen LogP contribution >= 0.6 is 11.3 Å². The zero-order valence-electron chi connectivity index (χ0n) is 18.5. The molecule has 0 bridgehead atoms. The van der Waals surface area contributed by atoms with Crippen LogP contribution in [0.25, 0.3) is 11.1 Å². The van der Waals surface area contributed by atoms with Gasteiger partial charge in [0.15, 0.2) is 0 Å². The van der Waals surface area contributed by atoms with E-state index < -0.39 is 5.97 Å². The fourth-order valence-electron chi connectivity index (χ4n) is 3.53. The maximum atomic E-state index is 12.8. The molecule has 0 aliphatic carbocycles. The number of aryl methyl sites for hydroxylation is 2. The van der Waals surface area contributed by atoms with Gasteiger partial charge in [-0.15, -0.1) is 11.3 Å². The number of carbonyl (C=O) groups is 2. The molecule has 1 amide bonds. The van der Waals surface area contributed by atoms with Gasteiger partial charge in [0.1, 0.15) is 10.6 Å². The average molecular weight is 446 g/mol. The summed E-state index contributed by atoms with van der Waals surface area (Å²) >= 11 is 1.40. The monoisotopic (exact) mass is 445 g/mol. The molecular weight excluding hydrogens is 414 g/mol. The summed E-state index contributed by atoms with van der Waals surface area (Å²) < 4.78 is 10.6. The Bertz CT molecular complexity index is 889. The van der Waals surface area contributed by atoms with Crippen LogP contribution in [-0.2, 0) is 14.3 Å². The molecule has 1 aromatic carbocycles. The van der Waals surface area contributed by atoms with Gasteiger partial charge in [-0.3, -0.25) is 9.69 Å². The summed E-state index contributed by atoms with van der Waals surface area (Å²) in [5, 5.41) is 6.63. The number of ether oxygens (including phenoxy) is 2. The second-order valence-corrected chi connectivity index (χ2v) is 8.73. The number of morpholine rings is 1. The van der Waals surface area contributed by atoms with Crippen LogP contribution in [0.15, 0.2) is 24.3 Å². The Morgan fingerprint density at radius 1 is 1.16 bits per heavy atom. The summed E-state index contributed by atoms with van der Waals surface area (Å²) in [6.07, 6.45) is 0. The smallest absolute Gasteiger partial charge is 0.341 e. The number of nitrogens with one attached hydrogen (secondary N) is 2. The standard InChI is InChI=1S/C23H31N3O4S/c1-4-30-23(28)21-20(18-7-5-16(2)6-8-18)17(3)31-22(21)25-19(27)15-24-9-10-26-11-13-29-14-12-26/h5-8,24H,4,9-15H2,1-3H3,(H,25,27). The van der Waals surface area contributed by atoms with Gasteiger partial charge in [-0.1, -0.05) is 29.8 Å². The lowest BCUT2D eigenvalue weighted by atomic mass is 10.0. The highest BCUT2D eigenvalue weighted by molar-refractivity contribution is 7.17. The molecule has 168 valence electrons. The topological polar surface area (TPSA) is 79.9 Å². The van der Waals surface area contributed by atoms with Crippen LogP contribution in [0.3, 0.4) is 0 Å². The van der Waals surface area contributed by atoms with Crippen molar-refractivity contribution in [1.82, 2.24) is 10.2 Å². The average Bonchev–Trinajstić information content (AvgIpc) is 3.08. The Balaban J connectivity index is 1.68. The van der Waals surface area contributed by atoms with E-state index in [4.69, 9.17) is 9.47 Å². The van der Waals surface area contributed by atoms with E-state index in [1.165, 1.54) is 11.3 Å². The molecule has 2 aromatic rings. The molecule has 1 aliphatic heterocycles. The maximum Gasteiger partial charge on any atom is 0.341 e. The summed E-state index contributed by atoms with van der Waals surface area (Å²) in [5.74, 6) is -0.595. The van der Waals surface area contributed by atoms with Gasteiger partial charge in [0.05, 0.1) is 26.4 Å². The number of carbonyl (C=O) groups excluding carboxylic acids is 2. The van der Waals surface area contributed by atoms with E-state index in [2.05, 4.69) is 15.5 Å². The summed E-state index contributed by atoms with van der Waals surface area (Å²) in [5.41, 5.74) is 3.33. The number of hydrogen-bond acceptors (Lipinski definition) is 7. The Morgan fingerprint density at radius 3 is 2.55 bits per heavy atom. The molecular formula is C23H31N3O4S. The first-order valence-electron chi connectivity index (χ1n) is 10.7. The Kier molecular flexibility index (Phi) is 8.60. The van der Waals surface area contributed by atoms with Crippen molar-refractivity contribution >= 4 is 28.2 Å². The van der Waals surface area contributed by atoms with Crippen molar-refractivity contribution in [3.8, 4) is 11.1 Å². The van der Waals surface area contributed by atoms with E-state index in [0.717, 1.165) is 61.0 Å². The van der Waals surface area contributed by atoms with Crippen LogP contribution < -0.4 is 10.6 Å². The molecule has 2 N–H and O–H groups in total. The van der Waals surface area contributed by atoms with Gasteiger partial charge in [-0.25, -0.2) is 4.79 Å². The largest absolute Gasteiger partial charge is 0.462 e. The molecule has 1 fully saturated rings. The quantitative estimate of drug-likeness (QED) is 0.456. The second-order valence-electron chi connectivity index (χ2n) is 7.50. The molecule has 31 heavy (non-hydrogen) atoms. The van der Waals surface area contributed by atoms with Crippen LogP contribution in [0.5, 0.6) is 0 Å². The first kappa shape index (κ1) is 23.4. The summed E-state index contributed by atoms with van der Waals surface area (Å²) in [6.45, 7) is 11.2. The van der Waals surface area contributed by atoms with Crippen molar-refractivity contribution in [2.45, 2.75) is 20.8 Å². The van der Waals surface area contributed by atoms with Gasteiger partial charge in [0, 0.05) is 36.6 Å². The summed E-state index contributed by atoms with van der Waals surface area (Å²) in [4.78, 5) is 28.6. The Labute approximate surface area is 187 Å². The number of rotatable bonds is 9. The maximum absolute atomic E-state index is 12.8. The third-order valence-corrected chi connectivity index (χ3v) is 6.17. The predicted molar refractivity (Wildman–Crippen MR) is 124 cm³/mol. The zero-order valence-corrected chi connectivity index (χ0v) is 19.3. The minimum absolute atomic E-state index is 0.177. The fraction of sp³-hybridized carbons (Fsp3) is 0.478. The Hall–Kier alpha value is -2.26. The summed E-state index contributed by atoms with van der Waals surface area (Å²) in [7, 11) is 0. The van der Waals surface area contributed by atoms with E-state index in [-0.39, 0.29) is 19.1 Å². The van der Waals surface area contributed by atoms with E-state index in [1.807, 2.05) is 38.1 Å². The lowest BCUT2D eigenvalue weighted by molar-refractivity contribution is -0.115. The highest BCUT2D eigenvalue weighted by Crippen LogP contribution is 2.40. The van der Waals surface area contributed by atoms with Crippen LogP contribution in [0, 0.1) is 13.8 Å². The number of nitrogens with zero attached hydrogens (tertiary/aromatic N) is 1. The van der Waals surface area contributed by atoms with Crippen molar-refractivity contribution < 1.29 is 19.1 Å². The lowest BCUT2D eigenvalue weighted by Crippen LogP contribution is -2.41. The normalized spacial score (nSPS) is 14.4. The molecule has 0 spiro atoms. The minimum atomic E-state index is -0.419. The van der Waals surface area contributed by atoms with Crippen molar-refractivity contribution in [1.29, 1.82) is 0 Å². The van der Waals surface area contributed by atoms with E-state index in [1.54, 1.807) is 6.92 Å². The molecule has 1 aliphatic rings. The molecule has 8 heteroatoms. The third-order valence-electron chi connectivity index (χ3n) is 5.15. The van der Waals surface area contributed by atoms with Gasteiger partial charge in [0.25, 0.3) is 0 Å². The molecule has 7 nitrogen and oxygen atoms in total. The number of anilines is 1. The van der Waals surface area contributed by atoms with Gasteiger partial charge in [-0.2, -0.15) is 0 Å². The molecule has 0 atom stereocenters. The highest BCUT2D eigenvalue weighted by atomic mass is 32.1. The number of hydrogen-bond donors (Lipinski definition) is 2. The second kappa shape index (κ2) is 11.4. The van der Waals surface area contributed by atoms with Crippen LogP contribution in [0.1, 0.15) is 27.7 Å². The zero-order chi connectivity index (χ0) is 22.2. The van der Waals surface area contributed by atoms with E-state index in [0.29, 0.717) is 10.6 Å². The van der Waals surface area contributed by atoms with Crippen molar-refractivity contribution in [2.24, 2.45) is 0 Å². The van der Waals surface area contributed by atoms with Crippen LogP contribution in [0.4, 0.5) is 5.00 Å².